The van der Waals surface area contributed by atoms with Gasteiger partial charge in [-0.3, -0.25) is 9.98 Å². The maximum Gasteiger partial charge on any atom is 0.156 e. The molecule has 30 heavy (non-hydrogen) atoms. The second-order valence-corrected chi connectivity index (χ2v) is 6.72. The van der Waals surface area contributed by atoms with Crippen LogP contribution in [-0.2, 0) is 0 Å². The average molecular weight is 401 g/mol. The van der Waals surface area contributed by atoms with Crippen molar-refractivity contribution in [2.75, 3.05) is 5.32 Å². The Morgan fingerprint density at radius 2 is 1.93 bits per heavy atom. The van der Waals surface area contributed by atoms with Gasteiger partial charge in [0.2, 0.25) is 0 Å². The van der Waals surface area contributed by atoms with Gasteiger partial charge in [-0.25, -0.2) is 24.3 Å². The standard InChI is InChI=1S/C22H20FN7/c1-4-24-20-13(2)26-12-27-22(20)28-14(3)19-21(17-7-5-6-10-25-17)30-18-11-15(23)8-9-16(18)29-19/h4-12,14H,1-3H3,(H,26,27,28)/b24-4-/t14-/m0/s1. The van der Waals surface area contributed by atoms with Crippen LogP contribution in [-0.4, -0.2) is 31.1 Å². The van der Waals surface area contributed by atoms with Crippen molar-refractivity contribution in [1.82, 2.24) is 24.9 Å². The minimum Gasteiger partial charge on any atom is -0.360 e. The number of aromatic nitrogens is 5. The second kappa shape index (κ2) is 8.28. The van der Waals surface area contributed by atoms with E-state index in [9.17, 15) is 4.39 Å². The van der Waals surface area contributed by atoms with E-state index in [0.717, 1.165) is 5.69 Å². The van der Waals surface area contributed by atoms with Crippen molar-refractivity contribution in [2.24, 2.45) is 4.99 Å². The van der Waals surface area contributed by atoms with Crippen molar-refractivity contribution in [3.8, 4) is 11.4 Å². The minimum atomic E-state index is -0.360. The van der Waals surface area contributed by atoms with E-state index in [1.165, 1.54) is 18.5 Å². The van der Waals surface area contributed by atoms with Gasteiger partial charge in [-0.05, 0) is 45.0 Å². The van der Waals surface area contributed by atoms with E-state index in [2.05, 4.69) is 30.2 Å². The Morgan fingerprint density at radius 1 is 1.07 bits per heavy atom. The molecule has 150 valence electrons. The molecule has 0 bridgehead atoms. The van der Waals surface area contributed by atoms with E-state index >= 15 is 0 Å². The maximum absolute atomic E-state index is 13.7. The number of halogens is 1. The van der Waals surface area contributed by atoms with Gasteiger partial charge in [-0.2, -0.15) is 0 Å². The Hall–Kier alpha value is -3.81. The Morgan fingerprint density at radius 3 is 2.70 bits per heavy atom. The topological polar surface area (TPSA) is 88.8 Å². The van der Waals surface area contributed by atoms with Crippen LogP contribution in [0.15, 0.2) is 53.9 Å². The molecule has 0 saturated carbocycles. The van der Waals surface area contributed by atoms with Crippen LogP contribution in [0.5, 0.6) is 0 Å². The Bertz CT molecular complexity index is 1230. The Labute approximate surface area is 173 Å². The number of nitrogens with one attached hydrogen (secondary N) is 1. The minimum absolute atomic E-state index is 0.274. The number of benzene rings is 1. The molecule has 0 amide bonds. The Kier molecular flexibility index (Phi) is 5.38. The van der Waals surface area contributed by atoms with Crippen LogP contribution >= 0.6 is 0 Å². The van der Waals surface area contributed by atoms with E-state index in [1.54, 1.807) is 18.5 Å². The molecule has 1 N–H and O–H groups in total. The Balaban J connectivity index is 1.83. The molecule has 0 aliphatic heterocycles. The summed E-state index contributed by atoms with van der Waals surface area (Å²) in [6.45, 7) is 5.68. The van der Waals surface area contributed by atoms with Crippen LogP contribution < -0.4 is 5.32 Å². The number of aryl methyl sites for hydroxylation is 1. The number of nitrogens with zero attached hydrogens (tertiary/aromatic N) is 6. The van der Waals surface area contributed by atoms with Crippen molar-refractivity contribution in [3.63, 3.8) is 0 Å². The molecule has 3 aromatic heterocycles. The van der Waals surface area contributed by atoms with E-state index in [1.807, 2.05) is 39.0 Å². The number of fused-ring (bicyclic) bond motifs is 1. The fraction of sp³-hybridized carbons (Fsp3) is 0.182. The van der Waals surface area contributed by atoms with Gasteiger partial charge in [-0.15, -0.1) is 0 Å². The lowest BCUT2D eigenvalue weighted by Gasteiger charge is -2.19. The molecule has 0 aliphatic rings. The third-order valence-corrected chi connectivity index (χ3v) is 4.59. The second-order valence-electron chi connectivity index (χ2n) is 6.72. The molecule has 4 rings (SSSR count). The number of anilines is 1. The molecule has 0 aliphatic carbocycles. The zero-order valence-electron chi connectivity index (χ0n) is 16.8. The first-order chi connectivity index (χ1) is 14.6. The smallest absolute Gasteiger partial charge is 0.156 e. The summed E-state index contributed by atoms with van der Waals surface area (Å²) in [6, 6.07) is 9.66. The molecule has 0 spiro atoms. The highest BCUT2D eigenvalue weighted by Crippen LogP contribution is 2.31. The van der Waals surface area contributed by atoms with E-state index < -0.39 is 0 Å². The molecule has 0 fully saturated rings. The molecule has 8 heteroatoms. The number of hydrogen-bond acceptors (Lipinski definition) is 7. The van der Waals surface area contributed by atoms with Gasteiger partial charge in [0, 0.05) is 18.5 Å². The normalized spacial score (nSPS) is 12.4. The highest BCUT2D eigenvalue weighted by atomic mass is 19.1. The summed E-state index contributed by atoms with van der Waals surface area (Å²) in [7, 11) is 0. The zero-order valence-corrected chi connectivity index (χ0v) is 16.8. The summed E-state index contributed by atoms with van der Waals surface area (Å²) >= 11 is 0. The summed E-state index contributed by atoms with van der Waals surface area (Å²) in [5.74, 6) is 0.238. The SMILES string of the molecule is C/C=N\c1c(C)ncnc1N[C@@H](C)c1nc2ccc(F)cc2nc1-c1ccccn1. The van der Waals surface area contributed by atoms with Gasteiger partial charge < -0.3 is 5.32 Å². The van der Waals surface area contributed by atoms with Gasteiger partial charge in [0.25, 0.3) is 0 Å². The van der Waals surface area contributed by atoms with Crippen LogP contribution in [0.1, 0.15) is 31.3 Å². The van der Waals surface area contributed by atoms with Gasteiger partial charge in [0.05, 0.1) is 34.2 Å². The average Bonchev–Trinajstić information content (AvgIpc) is 2.76. The summed E-state index contributed by atoms with van der Waals surface area (Å²) < 4.78 is 13.7. The number of rotatable bonds is 5. The molecule has 1 atom stereocenters. The van der Waals surface area contributed by atoms with Crippen LogP contribution in [0.4, 0.5) is 15.9 Å². The molecular formula is C22H20FN7. The molecule has 0 radical (unpaired) electrons. The van der Waals surface area contributed by atoms with Gasteiger partial charge in [0.15, 0.2) is 5.82 Å². The molecule has 0 saturated heterocycles. The molecule has 0 unspecified atom stereocenters. The van der Waals surface area contributed by atoms with Crippen molar-refractivity contribution in [1.29, 1.82) is 0 Å². The predicted molar refractivity (Wildman–Crippen MR) is 115 cm³/mol. The van der Waals surface area contributed by atoms with E-state index in [0.29, 0.717) is 39.6 Å². The van der Waals surface area contributed by atoms with E-state index in [-0.39, 0.29) is 11.9 Å². The molecule has 7 nitrogen and oxygen atoms in total. The summed E-state index contributed by atoms with van der Waals surface area (Å²) in [5.41, 5.74) is 4.43. The van der Waals surface area contributed by atoms with E-state index in [4.69, 9.17) is 4.98 Å². The fourth-order valence-electron chi connectivity index (χ4n) is 3.16. The van der Waals surface area contributed by atoms with Crippen molar-refractivity contribution < 1.29 is 4.39 Å². The maximum atomic E-state index is 13.7. The number of pyridine rings is 1. The van der Waals surface area contributed by atoms with Crippen LogP contribution in [0.25, 0.3) is 22.4 Å². The third kappa shape index (κ3) is 3.84. The molecular weight excluding hydrogens is 381 g/mol. The monoisotopic (exact) mass is 401 g/mol. The zero-order chi connectivity index (χ0) is 21.1. The molecule has 4 aromatic rings. The first kappa shape index (κ1) is 19.5. The third-order valence-electron chi connectivity index (χ3n) is 4.59. The number of aliphatic imine (C=N–C) groups is 1. The first-order valence-electron chi connectivity index (χ1n) is 9.52. The largest absolute Gasteiger partial charge is 0.360 e. The van der Waals surface area contributed by atoms with Gasteiger partial charge in [-0.1, -0.05) is 6.07 Å². The highest BCUT2D eigenvalue weighted by molar-refractivity contribution is 5.78. The van der Waals surface area contributed by atoms with Crippen LogP contribution in [0.2, 0.25) is 0 Å². The lowest BCUT2D eigenvalue weighted by Crippen LogP contribution is -2.13. The van der Waals surface area contributed by atoms with Crippen LogP contribution in [0, 0.1) is 12.7 Å². The van der Waals surface area contributed by atoms with Crippen molar-refractivity contribution in [3.05, 3.63) is 66.1 Å². The lowest BCUT2D eigenvalue weighted by molar-refractivity contribution is 0.629. The fourth-order valence-corrected chi connectivity index (χ4v) is 3.16. The quantitative estimate of drug-likeness (QED) is 0.482. The van der Waals surface area contributed by atoms with Gasteiger partial charge >= 0.3 is 0 Å². The highest BCUT2D eigenvalue weighted by Gasteiger charge is 2.20. The predicted octanol–water partition coefficient (Wildman–Crippen LogP) is 4.82. The number of hydrogen-bond donors (Lipinski definition) is 1. The van der Waals surface area contributed by atoms with Crippen molar-refractivity contribution in [2.45, 2.75) is 26.8 Å². The van der Waals surface area contributed by atoms with Crippen molar-refractivity contribution >= 4 is 28.8 Å². The summed E-state index contributed by atoms with van der Waals surface area (Å²) in [4.78, 5) is 26.8. The van der Waals surface area contributed by atoms with Gasteiger partial charge in [0.1, 0.15) is 23.5 Å². The summed E-state index contributed by atoms with van der Waals surface area (Å²) in [5, 5.41) is 3.37. The molecule has 3 heterocycles. The lowest BCUT2D eigenvalue weighted by atomic mass is 10.1. The van der Waals surface area contributed by atoms with Crippen LogP contribution in [0.3, 0.4) is 0 Å². The first-order valence-corrected chi connectivity index (χ1v) is 9.52. The molecule has 1 aromatic carbocycles. The summed E-state index contributed by atoms with van der Waals surface area (Å²) in [6.07, 6.45) is 4.88.